The number of rotatable bonds is 7. The van der Waals surface area contributed by atoms with Crippen LogP contribution in [0, 0.1) is 5.92 Å². The van der Waals surface area contributed by atoms with E-state index in [1.807, 2.05) is 13.8 Å². The average Bonchev–Trinajstić information content (AvgIpc) is 2.61. The number of carbonyl (C=O) groups is 2. The van der Waals surface area contributed by atoms with Crippen molar-refractivity contribution in [2.75, 3.05) is 23.8 Å². The van der Waals surface area contributed by atoms with Crippen LogP contribution < -0.4 is 21.1 Å². The van der Waals surface area contributed by atoms with Gasteiger partial charge in [0.2, 0.25) is 5.91 Å². The van der Waals surface area contributed by atoms with Crippen LogP contribution >= 0.6 is 0 Å². The van der Waals surface area contributed by atoms with Crippen LogP contribution in [-0.4, -0.2) is 25.0 Å². The number of anilines is 2. The number of ether oxygens (including phenoxy) is 1. The predicted octanol–water partition coefficient (Wildman–Crippen LogP) is 2.87. The molecule has 0 radical (unpaired) electrons. The van der Waals surface area contributed by atoms with Crippen molar-refractivity contribution in [3.63, 3.8) is 0 Å². The van der Waals surface area contributed by atoms with Crippen molar-refractivity contribution in [2.24, 2.45) is 11.7 Å². The van der Waals surface area contributed by atoms with Gasteiger partial charge in [0.15, 0.2) is 0 Å². The first kappa shape index (κ1) is 18.5. The topological polar surface area (TPSA) is 93.5 Å². The van der Waals surface area contributed by atoms with Gasteiger partial charge in [0.25, 0.3) is 5.91 Å². The van der Waals surface area contributed by atoms with Crippen molar-refractivity contribution >= 4 is 23.2 Å². The Kier molecular flexibility index (Phi) is 6.54. The van der Waals surface area contributed by atoms with Gasteiger partial charge < -0.3 is 21.1 Å². The lowest BCUT2D eigenvalue weighted by molar-refractivity contribution is -0.118. The fraction of sp³-hybridized carbons (Fsp3) is 0.263. The van der Waals surface area contributed by atoms with Gasteiger partial charge >= 0.3 is 0 Å². The first-order valence-electron chi connectivity index (χ1n) is 8.15. The summed E-state index contributed by atoms with van der Waals surface area (Å²) in [5.41, 5.74) is 7.22. The average molecular weight is 341 g/mol. The Morgan fingerprint density at radius 2 is 1.52 bits per heavy atom. The molecule has 0 spiro atoms. The van der Waals surface area contributed by atoms with Crippen molar-refractivity contribution in [1.82, 2.24) is 0 Å². The van der Waals surface area contributed by atoms with E-state index in [2.05, 4.69) is 10.6 Å². The SMILES string of the molecule is CC(C)C(=O)Nc1ccc(C(=O)Nc2ccc(OCCN)cc2)cc1. The largest absolute Gasteiger partial charge is 0.492 e. The minimum atomic E-state index is -0.225. The lowest BCUT2D eigenvalue weighted by atomic mass is 10.1. The van der Waals surface area contributed by atoms with Gasteiger partial charge in [-0.2, -0.15) is 0 Å². The standard InChI is InChI=1S/C19H23N3O3/c1-13(2)18(23)21-15-5-3-14(4-6-15)19(24)22-16-7-9-17(10-8-16)25-12-11-20/h3-10,13H,11-12,20H2,1-2H3,(H,21,23)(H,22,24). The molecular weight excluding hydrogens is 318 g/mol. The summed E-state index contributed by atoms with van der Waals surface area (Å²) in [7, 11) is 0. The van der Waals surface area contributed by atoms with Gasteiger partial charge in [-0.05, 0) is 48.5 Å². The van der Waals surface area contributed by atoms with E-state index in [1.165, 1.54) is 0 Å². The summed E-state index contributed by atoms with van der Waals surface area (Å²) in [5, 5.41) is 5.60. The Morgan fingerprint density at radius 3 is 2.08 bits per heavy atom. The highest BCUT2D eigenvalue weighted by Gasteiger charge is 2.09. The maximum absolute atomic E-state index is 12.3. The quantitative estimate of drug-likeness (QED) is 0.722. The van der Waals surface area contributed by atoms with Crippen LogP contribution in [0.2, 0.25) is 0 Å². The lowest BCUT2D eigenvalue weighted by Gasteiger charge is -2.09. The van der Waals surface area contributed by atoms with Crippen LogP contribution in [0.3, 0.4) is 0 Å². The van der Waals surface area contributed by atoms with E-state index in [0.29, 0.717) is 35.8 Å². The maximum atomic E-state index is 12.3. The number of nitrogens with one attached hydrogen (secondary N) is 2. The molecule has 2 rings (SSSR count). The number of benzene rings is 2. The van der Waals surface area contributed by atoms with Gasteiger partial charge in [-0.25, -0.2) is 0 Å². The molecule has 132 valence electrons. The zero-order chi connectivity index (χ0) is 18.2. The van der Waals surface area contributed by atoms with Crippen molar-refractivity contribution in [3.05, 3.63) is 54.1 Å². The predicted molar refractivity (Wildman–Crippen MR) is 98.9 cm³/mol. The van der Waals surface area contributed by atoms with Gasteiger partial charge in [-0.1, -0.05) is 13.8 Å². The van der Waals surface area contributed by atoms with Crippen molar-refractivity contribution in [1.29, 1.82) is 0 Å². The summed E-state index contributed by atoms with van der Waals surface area (Å²) in [6.07, 6.45) is 0. The van der Waals surface area contributed by atoms with Gasteiger partial charge in [-0.3, -0.25) is 9.59 Å². The Labute approximate surface area is 147 Å². The molecule has 0 fully saturated rings. The Bertz CT molecular complexity index is 710. The molecule has 0 aromatic heterocycles. The molecule has 0 saturated heterocycles. The van der Waals surface area contributed by atoms with E-state index in [4.69, 9.17) is 10.5 Å². The highest BCUT2D eigenvalue weighted by Crippen LogP contribution is 2.17. The molecule has 0 aliphatic heterocycles. The number of nitrogens with two attached hydrogens (primary N) is 1. The van der Waals surface area contributed by atoms with E-state index in [9.17, 15) is 9.59 Å². The summed E-state index contributed by atoms with van der Waals surface area (Å²) in [5.74, 6) is 0.319. The number of hydrogen-bond acceptors (Lipinski definition) is 4. The summed E-state index contributed by atoms with van der Waals surface area (Å²) >= 11 is 0. The second-order valence-corrected chi connectivity index (χ2v) is 5.84. The van der Waals surface area contributed by atoms with Crippen molar-refractivity contribution < 1.29 is 14.3 Å². The van der Waals surface area contributed by atoms with Crippen LogP contribution in [0.5, 0.6) is 5.75 Å². The van der Waals surface area contributed by atoms with Gasteiger partial charge in [0.1, 0.15) is 12.4 Å². The fourth-order valence-electron chi connectivity index (χ4n) is 2.01. The highest BCUT2D eigenvalue weighted by molar-refractivity contribution is 6.04. The van der Waals surface area contributed by atoms with Crippen LogP contribution in [0.15, 0.2) is 48.5 Å². The second kappa shape index (κ2) is 8.84. The molecule has 4 N–H and O–H groups in total. The van der Waals surface area contributed by atoms with Crippen LogP contribution in [0.1, 0.15) is 24.2 Å². The molecular formula is C19H23N3O3. The number of hydrogen-bond donors (Lipinski definition) is 3. The summed E-state index contributed by atoms with van der Waals surface area (Å²) in [4.78, 5) is 23.9. The molecule has 2 amide bonds. The molecule has 2 aromatic carbocycles. The Morgan fingerprint density at radius 1 is 0.960 bits per heavy atom. The second-order valence-electron chi connectivity index (χ2n) is 5.84. The summed E-state index contributed by atoms with van der Waals surface area (Å²) in [6, 6.07) is 13.8. The van der Waals surface area contributed by atoms with Crippen LogP contribution in [0.4, 0.5) is 11.4 Å². The van der Waals surface area contributed by atoms with E-state index in [-0.39, 0.29) is 17.7 Å². The zero-order valence-corrected chi connectivity index (χ0v) is 14.4. The van der Waals surface area contributed by atoms with Gasteiger partial charge in [0, 0.05) is 29.4 Å². The van der Waals surface area contributed by atoms with E-state index >= 15 is 0 Å². The van der Waals surface area contributed by atoms with Crippen LogP contribution in [0.25, 0.3) is 0 Å². The highest BCUT2D eigenvalue weighted by atomic mass is 16.5. The zero-order valence-electron chi connectivity index (χ0n) is 14.4. The first-order valence-corrected chi connectivity index (χ1v) is 8.15. The smallest absolute Gasteiger partial charge is 0.255 e. The Hall–Kier alpha value is -2.86. The molecule has 0 saturated carbocycles. The molecule has 0 aliphatic carbocycles. The molecule has 0 aliphatic rings. The summed E-state index contributed by atoms with van der Waals surface area (Å²) in [6.45, 7) is 4.55. The van der Waals surface area contributed by atoms with E-state index < -0.39 is 0 Å². The van der Waals surface area contributed by atoms with Gasteiger partial charge in [0.05, 0.1) is 0 Å². The molecule has 6 heteroatoms. The molecule has 0 atom stereocenters. The molecule has 2 aromatic rings. The maximum Gasteiger partial charge on any atom is 0.255 e. The Balaban J connectivity index is 1.95. The third-order valence-corrected chi connectivity index (χ3v) is 3.44. The van der Waals surface area contributed by atoms with E-state index in [0.717, 1.165) is 0 Å². The van der Waals surface area contributed by atoms with Crippen molar-refractivity contribution in [2.45, 2.75) is 13.8 Å². The number of carbonyl (C=O) groups excluding carboxylic acids is 2. The lowest BCUT2D eigenvalue weighted by Crippen LogP contribution is -2.18. The normalized spacial score (nSPS) is 10.4. The third kappa shape index (κ3) is 5.61. The van der Waals surface area contributed by atoms with Crippen molar-refractivity contribution in [3.8, 4) is 5.75 Å². The molecule has 25 heavy (non-hydrogen) atoms. The van der Waals surface area contributed by atoms with E-state index in [1.54, 1.807) is 48.5 Å². The van der Waals surface area contributed by atoms with Gasteiger partial charge in [-0.15, -0.1) is 0 Å². The minimum Gasteiger partial charge on any atom is -0.492 e. The third-order valence-electron chi connectivity index (χ3n) is 3.44. The molecule has 0 unspecified atom stereocenters. The summed E-state index contributed by atoms with van der Waals surface area (Å²) < 4.78 is 5.39. The minimum absolute atomic E-state index is 0.0610. The molecule has 6 nitrogen and oxygen atoms in total. The molecule has 0 heterocycles. The molecule has 0 bridgehead atoms. The fourth-order valence-corrected chi connectivity index (χ4v) is 2.01. The first-order chi connectivity index (χ1) is 12.0. The number of amides is 2. The van der Waals surface area contributed by atoms with Crippen LogP contribution in [-0.2, 0) is 4.79 Å². The monoisotopic (exact) mass is 341 g/mol.